The summed E-state index contributed by atoms with van der Waals surface area (Å²) in [6.07, 6.45) is 4.05. The normalized spacial score (nSPS) is 12.4. The number of thioether (sulfide) groups is 1. The molecule has 0 aliphatic heterocycles. The summed E-state index contributed by atoms with van der Waals surface area (Å²) in [7, 11) is 0. The highest BCUT2D eigenvalue weighted by atomic mass is 32.2. The SMILES string of the molecule is CSCC[C@@H](NC(=O)CCc1c(C)n[nH]c1C)c1nc2ccccc2[nH]1. The van der Waals surface area contributed by atoms with Gasteiger partial charge in [-0.25, -0.2) is 4.98 Å². The molecule has 0 aliphatic rings. The molecule has 0 saturated carbocycles. The van der Waals surface area contributed by atoms with Crippen LogP contribution in [0.3, 0.4) is 0 Å². The molecular weight excluding hydrogens is 346 g/mol. The molecular formula is C19H25N5OS. The lowest BCUT2D eigenvalue weighted by Crippen LogP contribution is -2.30. The number of nitrogens with one attached hydrogen (secondary N) is 3. The van der Waals surface area contributed by atoms with Gasteiger partial charge in [0.05, 0.1) is 22.8 Å². The first kappa shape index (κ1) is 18.5. The number of rotatable bonds is 8. The van der Waals surface area contributed by atoms with Crippen LogP contribution in [0, 0.1) is 13.8 Å². The highest BCUT2D eigenvalue weighted by Gasteiger charge is 2.18. The van der Waals surface area contributed by atoms with Crippen molar-refractivity contribution < 1.29 is 4.79 Å². The quantitative estimate of drug-likeness (QED) is 0.566. The van der Waals surface area contributed by atoms with E-state index in [-0.39, 0.29) is 11.9 Å². The fourth-order valence-corrected chi connectivity index (χ4v) is 3.57. The third-order valence-corrected chi connectivity index (χ3v) is 5.21. The second kappa shape index (κ2) is 8.40. The largest absolute Gasteiger partial charge is 0.346 e. The maximum Gasteiger partial charge on any atom is 0.220 e. The third kappa shape index (κ3) is 4.27. The first-order chi connectivity index (χ1) is 12.6. The monoisotopic (exact) mass is 371 g/mol. The topological polar surface area (TPSA) is 86.5 Å². The Bertz CT molecular complexity index is 833. The van der Waals surface area contributed by atoms with E-state index < -0.39 is 0 Å². The van der Waals surface area contributed by atoms with Crippen molar-refractivity contribution in [3.8, 4) is 0 Å². The number of hydrogen-bond donors (Lipinski definition) is 3. The van der Waals surface area contributed by atoms with Crippen molar-refractivity contribution in [2.24, 2.45) is 0 Å². The minimum atomic E-state index is -0.103. The molecule has 2 heterocycles. The Kier molecular flexibility index (Phi) is 5.98. The van der Waals surface area contributed by atoms with Crippen LogP contribution < -0.4 is 5.32 Å². The second-order valence-corrected chi connectivity index (χ2v) is 7.44. The van der Waals surface area contributed by atoms with E-state index in [0.29, 0.717) is 12.8 Å². The number of carbonyl (C=O) groups excluding carboxylic acids is 1. The van der Waals surface area contributed by atoms with Gasteiger partial charge < -0.3 is 10.3 Å². The molecule has 6 nitrogen and oxygen atoms in total. The first-order valence-electron chi connectivity index (χ1n) is 8.82. The van der Waals surface area contributed by atoms with E-state index in [4.69, 9.17) is 0 Å². The third-order valence-electron chi connectivity index (χ3n) is 4.57. The van der Waals surface area contributed by atoms with Crippen LogP contribution >= 0.6 is 11.8 Å². The van der Waals surface area contributed by atoms with Gasteiger partial charge in [0.25, 0.3) is 0 Å². The Morgan fingerprint density at radius 1 is 1.31 bits per heavy atom. The fourth-order valence-electron chi connectivity index (χ4n) is 3.10. The lowest BCUT2D eigenvalue weighted by molar-refractivity contribution is -0.121. The van der Waals surface area contributed by atoms with Crippen LogP contribution in [-0.2, 0) is 11.2 Å². The molecule has 26 heavy (non-hydrogen) atoms. The molecule has 7 heteroatoms. The Morgan fingerprint density at radius 3 is 2.81 bits per heavy atom. The maximum absolute atomic E-state index is 12.5. The highest BCUT2D eigenvalue weighted by molar-refractivity contribution is 7.98. The fraction of sp³-hybridized carbons (Fsp3) is 0.421. The van der Waals surface area contributed by atoms with Gasteiger partial charge in [0, 0.05) is 12.1 Å². The van der Waals surface area contributed by atoms with E-state index in [2.05, 4.69) is 31.7 Å². The number of carbonyl (C=O) groups is 1. The van der Waals surface area contributed by atoms with Crippen LogP contribution in [0.1, 0.15) is 41.7 Å². The predicted octanol–water partition coefficient (Wildman–Crippen LogP) is 3.45. The standard InChI is InChI=1S/C19H25N5OS/c1-12-14(13(2)24-23-12)8-9-18(25)20-17(10-11-26-3)19-21-15-6-4-5-7-16(15)22-19/h4-7,17H,8-11H2,1-3H3,(H,20,25)(H,21,22)(H,23,24)/t17-/m1/s1. The number of nitrogens with zero attached hydrogens (tertiary/aromatic N) is 2. The zero-order valence-corrected chi connectivity index (χ0v) is 16.2. The van der Waals surface area contributed by atoms with Gasteiger partial charge in [0.1, 0.15) is 5.82 Å². The van der Waals surface area contributed by atoms with Gasteiger partial charge in [-0.2, -0.15) is 16.9 Å². The molecule has 0 saturated heterocycles. The Labute approximate surface area is 157 Å². The molecule has 0 radical (unpaired) electrons. The number of amides is 1. The highest BCUT2D eigenvalue weighted by Crippen LogP contribution is 2.20. The van der Waals surface area contributed by atoms with Gasteiger partial charge in [-0.05, 0) is 56.4 Å². The lowest BCUT2D eigenvalue weighted by atomic mass is 10.1. The van der Waals surface area contributed by atoms with Gasteiger partial charge in [-0.15, -0.1) is 0 Å². The first-order valence-corrected chi connectivity index (χ1v) is 10.2. The van der Waals surface area contributed by atoms with E-state index in [0.717, 1.165) is 46.0 Å². The molecule has 1 atom stereocenters. The summed E-state index contributed by atoms with van der Waals surface area (Å²) < 4.78 is 0. The van der Waals surface area contributed by atoms with E-state index in [1.54, 1.807) is 11.8 Å². The minimum Gasteiger partial charge on any atom is -0.346 e. The number of para-hydroxylation sites is 2. The van der Waals surface area contributed by atoms with Crippen molar-refractivity contribution in [2.45, 2.75) is 39.2 Å². The van der Waals surface area contributed by atoms with Gasteiger partial charge >= 0.3 is 0 Å². The van der Waals surface area contributed by atoms with Crippen LogP contribution in [0.2, 0.25) is 0 Å². The van der Waals surface area contributed by atoms with E-state index in [9.17, 15) is 4.79 Å². The number of hydrogen-bond acceptors (Lipinski definition) is 4. The van der Waals surface area contributed by atoms with E-state index >= 15 is 0 Å². The van der Waals surface area contributed by atoms with Crippen LogP contribution in [0.5, 0.6) is 0 Å². The lowest BCUT2D eigenvalue weighted by Gasteiger charge is -2.16. The average Bonchev–Trinajstić information content (AvgIpc) is 3.20. The number of aromatic amines is 2. The van der Waals surface area contributed by atoms with Crippen molar-refractivity contribution in [1.82, 2.24) is 25.5 Å². The summed E-state index contributed by atoms with van der Waals surface area (Å²) in [6.45, 7) is 3.95. The summed E-state index contributed by atoms with van der Waals surface area (Å²) in [5.41, 5.74) is 5.05. The average molecular weight is 372 g/mol. The number of benzene rings is 1. The van der Waals surface area contributed by atoms with Crippen LogP contribution in [-0.4, -0.2) is 38.1 Å². The van der Waals surface area contributed by atoms with Crippen LogP contribution in [0.4, 0.5) is 0 Å². The van der Waals surface area contributed by atoms with E-state index in [1.165, 1.54) is 0 Å². The summed E-state index contributed by atoms with van der Waals surface area (Å²) in [5.74, 6) is 1.82. The molecule has 2 aromatic heterocycles. The van der Waals surface area contributed by atoms with Crippen molar-refractivity contribution in [1.29, 1.82) is 0 Å². The second-order valence-electron chi connectivity index (χ2n) is 6.45. The molecule has 3 rings (SSSR count). The smallest absolute Gasteiger partial charge is 0.220 e. The summed E-state index contributed by atoms with van der Waals surface area (Å²) >= 11 is 1.77. The Hall–Kier alpha value is -2.28. The van der Waals surface area contributed by atoms with Crippen molar-refractivity contribution in [3.05, 3.63) is 47.0 Å². The summed E-state index contributed by atoms with van der Waals surface area (Å²) in [5, 5.41) is 10.3. The molecule has 3 N–H and O–H groups in total. The van der Waals surface area contributed by atoms with Crippen molar-refractivity contribution in [3.63, 3.8) is 0 Å². The minimum absolute atomic E-state index is 0.0385. The maximum atomic E-state index is 12.5. The van der Waals surface area contributed by atoms with Crippen molar-refractivity contribution in [2.75, 3.05) is 12.0 Å². The summed E-state index contributed by atoms with van der Waals surface area (Å²) in [4.78, 5) is 20.5. The number of H-pyrrole nitrogens is 2. The molecule has 0 unspecified atom stereocenters. The van der Waals surface area contributed by atoms with Crippen molar-refractivity contribution >= 4 is 28.7 Å². The van der Waals surface area contributed by atoms with Gasteiger partial charge in [0.2, 0.25) is 5.91 Å². The molecule has 1 aromatic carbocycles. The van der Waals surface area contributed by atoms with Gasteiger partial charge in [-0.1, -0.05) is 12.1 Å². The number of fused-ring (bicyclic) bond motifs is 1. The van der Waals surface area contributed by atoms with Crippen LogP contribution in [0.15, 0.2) is 24.3 Å². The zero-order valence-electron chi connectivity index (χ0n) is 15.4. The molecule has 1 amide bonds. The molecule has 138 valence electrons. The molecule has 0 fully saturated rings. The van der Waals surface area contributed by atoms with Crippen LogP contribution in [0.25, 0.3) is 11.0 Å². The Morgan fingerprint density at radius 2 is 2.12 bits per heavy atom. The van der Waals surface area contributed by atoms with E-state index in [1.807, 2.05) is 38.1 Å². The van der Waals surface area contributed by atoms with Gasteiger partial charge in [0.15, 0.2) is 0 Å². The molecule has 0 bridgehead atoms. The number of aromatic nitrogens is 4. The predicted molar refractivity (Wildman–Crippen MR) is 106 cm³/mol. The molecule has 0 spiro atoms. The zero-order chi connectivity index (χ0) is 18.5. The number of imidazole rings is 1. The molecule has 0 aliphatic carbocycles. The summed E-state index contributed by atoms with van der Waals surface area (Å²) in [6, 6.07) is 7.83. The number of aryl methyl sites for hydroxylation is 2. The Balaban J connectivity index is 1.68. The molecule has 3 aromatic rings. The van der Waals surface area contributed by atoms with Gasteiger partial charge in [-0.3, -0.25) is 9.89 Å².